The molecule has 1 saturated carbocycles. The molecule has 1 amide bonds. The molecule has 3 N–H and O–H groups in total. The second-order valence-corrected chi connectivity index (χ2v) is 5.51. The lowest BCUT2D eigenvalue weighted by Crippen LogP contribution is -2.31. The Labute approximate surface area is 114 Å². The van der Waals surface area contributed by atoms with Gasteiger partial charge in [-0.2, -0.15) is 0 Å². The highest BCUT2D eigenvalue weighted by Gasteiger charge is 2.21. The quantitative estimate of drug-likeness (QED) is 0.647. The van der Waals surface area contributed by atoms with Crippen LogP contribution in [0.15, 0.2) is 18.2 Å². The van der Waals surface area contributed by atoms with Gasteiger partial charge in [-0.15, -0.1) is 0 Å². The zero-order valence-electron chi connectivity index (χ0n) is 11.8. The molecule has 0 aromatic heterocycles. The second-order valence-electron chi connectivity index (χ2n) is 5.51. The third-order valence-electron chi connectivity index (χ3n) is 3.98. The summed E-state index contributed by atoms with van der Waals surface area (Å²) in [4.78, 5) is 14.3. The van der Waals surface area contributed by atoms with Crippen LogP contribution >= 0.6 is 0 Å². The number of anilines is 1. The molecule has 2 rings (SSSR count). The van der Waals surface area contributed by atoms with E-state index in [1.54, 1.807) is 0 Å². The number of carbonyl (C=O) groups is 1. The Kier molecular flexibility index (Phi) is 4.43. The Bertz CT molecular complexity index is 453. The summed E-state index contributed by atoms with van der Waals surface area (Å²) in [7, 11) is 1.90. The van der Waals surface area contributed by atoms with E-state index in [4.69, 9.17) is 5.84 Å². The standard InChI is InChI=1S/C15H23N3O/c1-11-9-13(17-16)7-8-14(11)15(19)18(2)10-12-5-3-4-6-12/h7-9,12,17H,3-6,10,16H2,1-2H3. The number of hydrogen-bond acceptors (Lipinski definition) is 3. The minimum Gasteiger partial charge on any atom is -0.341 e. The van der Waals surface area contributed by atoms with Gasteiger partial charge in [-0.25, -0.2) is 0 Å². The molecule has 19 heavy (non-hydrogen) atoms. The van der Waals surface area contributed by atoms with Gasteiger partial charge in [0.05, 0.1) is 0 Å². The van der Waals surface area contributed by atoms with Gasteiger partial charge in [-0.05, 0) is 49.4 Å². The van der Waals surface area contributed by atoms with Crippen LogP contribution < -0.4 is 11.3 Å². The topological polar surface area (TPSA) is 58.4 Å². The van der Waals surface area contributed by atoms with Crippen LogP contribution in [0.25, 0.3) is 0 Å². The average Bonchev–Trinajstić information content (AvgIpc) is 2.90. The third-order valence-corrected chi connectivity index (χ3v) is 3.98. The minimum atomic E-state index is 0.105. The Balaban J connectivity index is 2.05. The number of aryl methyl sites for hydroxylation is 1. The number of amides is 1. The first-order valence-corrected chi connectivity index (χ1v) is 6.94. The largest absolute Gasteiger partial charge is 0.341 e. The number of carbonyl (C=O) groups excluding carboxylic acids is 1. The highest BCUT2D eigenvalue weighted by Crippen LogP contribution is 2.26. The number of nitrogens with zero attached hydrogens (tertiary/aromatic N) is 1. The number of hydrogen-bond donors (Lipinski definition) is 2. The molecule has 1 aromatic carbocycles. The van der Waals surface area contributed by atoms with E-state index in [0.717, 1.165) is 23.4 Å². The van der Waals surface area contributed by atoms with Gasteiger partial charge in [0.2, 0.25) is 0 Å². The van der Waals surface area contributed by atoms with Crippen molar-refractivity contribution in [3.8, 4) is 0 Å². The van der Waals surface area contributed by atoms with Crippen LogP contribution in [0, 0.1) is 12.8 Å². The summed E-state index contributed by atoms with van der Waals surface area (Å²) in [5.41, 5.74) is 5.14. The summed E-state index contributed by atoms with van der Waals surface area (Å²) < 4.78 is 0. The lowest BCUT2D eigenvalue weighted by Gasteiger charge is -2.22. The first-order chi connectivity index (χ1) is 9.11. The Hall–Kier alpha value is -1.55. The zero-order valence-corrected chi connectivity index (χ0v) is 11.8. The van der Waals surface area contributed by atoms with Crippen LogP contribution in [0.3, 0.4) is 0 Å². The minimum absolute atomic E-state index is 0.105. The fraction of sp³-hybridized carbons (Fsp3) is 0.533. The number of hydrazine groups is 1. The summed E-state index contributed by atoms with van der Waals surface area (Å²) in [6.45, 7) is 2.81. The molecule has 0 atom stereocenters. The van der Waals surface area contributed by atoms with Crippen molar-refractivity contribution in [1.82, 2.24) is 4.90 Å². The van der Waals surface area contributed by atoms with Crippen LogP contribution in [-0.4, -0.2) is 24.4 Å². The fourth-order valence-corrected chi connectivity index (χ4v) is 2.86. The number of nitrogens with two attached hydrogens (primary N) is 1. The number of nitrogen functional groups attached to an aromatic ring is 1. The molecular formula is C15H23N3O. The summed E-state index contributed by atoms with van der Waals surface area (Å²) >= 11 is 0. The number of nitrogens with one attached hydrogen (secondary N) is 1. The van der Waals surface area contributed by atoms with Gasteiger partial charge in [-0.1, -0.05) is 12.8 Å². The molecule has 0 aliphatic heterocycles. The summed E-state index contributed by atoms with van der Waals surface area (Å²) in [6.07, 6.45) is 5.13. The maximum absolute atomic E-state index is 12.4. The van der Waals surface area contributed by atoms with Gasteiger partial charge in [0.15, 0.2) is 0 Å². The lowest BCUT2D eigenvalue weighted by molar-refractivity contribution is 0.0772. The molecular weight excluding hydrogens is 238 g/mol. The maximum atomic E-state index is 12.4. The Morgan fingerprint density at radius 1 is 1.42 bits per heavy atom. The van der Waals surface area contributed by atoms with E-state index in [-0.39, 0.29) is 5.91 Å². The highest BCUT2D eigenvalue weighted by atomic mass is 16.2. The first kappa shape index (κ1) is 13.9. The predicted octanol–water partition coefficient (Wildman–Crippen LogP) is 2.54. The van der Waals surface area contributed by atoms with E-state index in [1.165, 1.54) is 25.7 Å². The molecule has 0 radical (unpaired) electrons. The molecule has 1 aliphatic carbocycles. The van der Waals surface area contributed by atoms with Gasteiger partial charge >= 0.3 is 0 Å². The molecule has 4 nitrogen and oxygen atoms in total. The maximum Gasteiger partial charge on any atom is 0.253 e. The molecule has 0 heterocycles. The van der Waals surface area contributed by atoms with Gasteiger partial charge in [0.1, 0.15) is 0 Å². The van der Waals surface area contributed by atoms with Crippen molar-refractivity contribution in [3.63, 3.8) is 0 Å². The number of benzene rings is 1. The van der Waals surface area contributed by atoms with Crippen molar-refractivity contribution >= 4 is 11.6 Å². The second kappa shape index (κ2) is 6.06. The van der Waals surface area contributed by atoms with E-state index in [0.29, 0.717) is 5.92 Å². The van der Waals surface area contributed by atoms with Crippen LogP contribution in [-0.2, 0) is 0 Å². The first-order valence-electron chi connectivity index (χ1n) is 6.94. The molecule has 0 bridgehead atoms. The van der Waals surface area contributed by atoms with E-state index >= 15 is 0 Å². The van der Waals surface area contributed by atoms with Crippen LogP contribution in [0.2, 0.25) is 0 Å². The van der Waals surface area contributed by atoms with Crippen molar-refractivity contribution in [2.24, 2.45) is 11.8 Å². The molecule has 4 heteroatoms. The van der Waals surface area contributed by atoms with Crippen LogP contribution in [0.1, 0.15) is 41.6 Å². The van der Waals surface area contributed by atoms with Gasteiger partial charge < -0.3 is 10.3 Å². The predicted molar refractivity (Wildman–Crippen MR) is 77.9 cm³/mol. The molecule has 104 valence electrons. The van der Waals surface area contributed by atoms with E-state index in [2.05, 4.69) is 5.43 Å². The Morgan fingerprint density at radius 2 is 2.11 bits per heavy atom. The summed E-state index contributed by atoms with van der Waals surface area (Å²) in [5.74, 6) is 6.15. The summed E-state index contributed by atoms with van der Waals surface area (Å²) in [6, 6.07) is 5.58. The molecule has 1 fully saturated rings. The van der Waals surface area contributed by atoms with Crippen LogP contribution in [0.4, 0.5) is 5.69 Å². The monoisotopic (exact) mass is 261 g/mol. The fourth-order valence-electron chi connectivity index (χ4n) is 2.86. The van der Waals surface area contributed by atoms with Crippen molar-refractivity contribution in [2.75, 3.05) is 19.0 Å². The molecule has 0 unspecified atom stereocenters. The molecule has 1 aromatic rings. The van der Waals surface area contributed by atoms with Crippen molar-refractivity contribution in [3.05, 3.63) is 29.3 Å². The SMILES string of the molecule is Cc1cc(NN)ccc1C(=O)N(C)CC1CCCC1. The third kappa shape index (κ3) is 3.26. The molecule has 0 saturated heterocycles. The average molecular weight is 261 g/mol. The van der Waals surface area contributed by atoms with Gasteiger partial charge in [0.25, 0.3) is 5.91 Å². The summed E-state index contributed by atoms with van der Waals surface area (Å²) in [5, 5.41) is 0. The normalized spacial score (nSPS) is 15.5. The van der Waals surface area contributed by atoms with E-state index in [9.17, 15) is 4.79 Å². The van der Waals surface area contributed by atoms with Crippen molar-refractivity contribution < 1.29 is 4.79 Å². The van der Waals surface area contributed by atoms with Gasteiger partial charge in [-0.3, -0.25) is 10.6 Å². The van der Waals surface area contributed by atoms with Crippen LogP contribution in [0.5, 0.6) is 0 Å². The van der Waals surface area contributed by atoms with Gasteiger partial charge in [0, 0.05) is 24.8 Å². The molecule has 0 spiro atoms. The van der Waals surface area contributed by atoms with E-state index in [1.807, 2.05) is 37.1 Å². The van der Waals surface area contributed by atoms with Crippen molar-refractivity contribution in [2.45, 2.75) is 32.6 Å². The molecule has 1 aliphatic rings. The van der Waals surface area contributed by atoms with Crippen molar-refractivity contribution in [1.29, 1.82) is 0 Å². The Morgan fingerprint density at radius 3 is 2.68 bits per heavy atom. The highest BCUT2D eigenvalue weighted by molar-refractivity contribution is 5.95. The smallest absolute Gasteiger partial charge is 0.253 e. The van der Waals surface area contributed by atoms with E-state index < -0.39 is 0 Å². The lowest BCUT2D eigenvalue weighted by atomic mass is 10.0. The number of rotatable bonds is 4. The zero-order chi connectivity index (χ0) is 13.8.